The number of hydrogen-bond donors (Lipinski definition) is 3. The van der Waals surface area contributed by atoms with Crippen LogP contribution in [-0.4, -0.2) is 41.6 Å². The molecule has 0 atom stereocenters. The van der Waals surface area contributed by atoms with Gasteiger partial charge in [-0.25, -0.2) is 4.79 Å². The molecular weight excluding hydrogens is 246 g/mol. The van der Waals surface area contributed by atoms with E-state index in [1.807, 2.05) is 0 Å². The van der Waals surface area contributed by atoms with Crippen LogP contribution < -0.4 is 16.0 Å². The van der Waals surface area contributed by atoms with Crippen LogP contribution in [0.3, 0.4) is 0 Å². The number of nitrogens with zero attached hydrogens (tertiary/aromatic N) is 2. The first-order chi connectivity index (χ1) is 9.15. The third-order valence-electron chi connectivity index (χ3n) is 3.62. The SMILES string of the molecule is NC(=O)N1CNC(=O)c2cc(CN3CCCC3)[nH]c21. The number of urea groups is 1. The Morgan fingerprint density at radius 1 is 1.37 bits per heavy atom. The number of primary amides is 1. The molecule has 7 nitrogen and oxygen atoms in total. The zero-order valence-electron chi connectivity index (χ0n) is 10.6. The molecule has 3 rings (SSSR count). The second-order valence-corrected chi connectivity index (χ2v) is 4.97. The zero-order chi connectivity index (χ0) is 13.4. The first-order valence-corrected chi connectivity index (χ1v) is 6.44. The van der Waals surface area contributed by atoms with Crippen LogP contribution in [0.15, 0.2) is 6.07 Å². The van der Waals surface area contributed by atoms with Gasteiger partial charge >= 0.3 is 6.03 Å². The Labute approximate surface area is 110 Å². The Hall–Kier alpha value is -2.02. The molecule has 3 amide bonds. The van der Waals surface area contributed by atoms with Crippen molar-refractivity contribution in [1.29, 1.82) is 0 Å². The lowest BCUT2D eigenvalue weighted by atomic mass is 10.2. The summed E-state index contributed by atoms with van der Waals surface area (Å²) < 4.78 is 0. The fraction of sp³-hybridized carbons (Fsp3) is 0.500. The molecule has 1 aromatic heterocycles. The maximum absolute atomic E-state index is 11.8. The van der Waals surface area contributed by atoms with Crippen LogP contribution in [0.4, 0.5) is 10.6 Å². The summed E-state index contributed by atoms with van der Waals surface area (Å²) in [6.07, 6.45) is 2.43. The number of anilines is 1. The van der Waals surface area contributed by atoms with E-state index in [9.17, 15) is 9.59 Å². The largest absolute Gasteiger partial charge is 0.351 e. The van der Waals surface area contributed by atoms with Crippen LogP contribution >= 0.6 is 0 Å². The molecular formula is C12H17N5O2. The molecule has 0 unspecified atom stereocenters. The molecule has 0 aliphatic carbocycles. The van der Waals surface area contributed by atoms with Crippen molar-refractivity contribution in [2.75, 3.05) is 24.7 Å². The van der Waals surface area contributed by atoms with Gasteiger partial charge in [-0.05, 0) is 32.0 Å². The quantitative estimate of drug-likeness (QED) is 0.711. The van der Waals surface area contributed by atoms with E-state index in [1.54, 1.807) is 6.07 Å². The molecule has 0 spiro atoms. The first-order valence-electron chi connectivity index (χ1n) is 6.44. The number of nitrogens with two attached hydrogens (primary N) is 1. The number of likely N-dealkylation sites (tertiary alicyclic amines) is 1. The molecule has 19 heavy (non-hydrogen) atoms. The van der Waals surface area contributed by atoms with Crippen molar-refractivity contribution in [3.05, 3.63) is 17.3 Å². The number of carbonyl (C=O) groups is 2. The summed E-state index contributed by atoms with van der Waals surface area (Å²) in [6.45, 7) is 3.04. The highest BCUT2D eigenvalue weighted by molar-refractivity contribution is 6.06. The average Bonchev–Trinajstić information content (AvgIpc) is 2.99. The molecule has 0 radical (unpaired) electrons. The number of amides is 3. The molecule has 2 aliphatic heterocycles. The predicted octanol–water partition coefficient (Wildman–Crippen LogP) is 0.196. The second kappa shape index (κ2) is 4.58. The van der Waals surface area contributed by atoms with Gasteiger partial charge in [-0.3, -0.25) is 14.6 Å². The highest BCUT2D eigenvalue weighted by Gasteiger charge is 2.28. The summed E-state index contributed by atoms with van der Waals surface area (Å²) in [6, 6.07) is 1.23. The molecule has 102 valence electrons. The molecule has 0 saturated carbocycles. The minimum Gasteiger partial charge on any atom is -0.351 e. The Balaban J connectivity index is 1.86. The maximum Gasteiger partial charge on any atom is 0.321 e. The van der Waals surface area contributed by atoms with Gasteiger partial charge in [0.2, 0.25) is 0 Å². The lowest BCUT2D eigenvalue weighted by molar-refractivity contribution is 0.0949. The molecule has 1 aromatic rings. The van der Waals surface area contributed by atoms with Crippen molar-refractivity contribution in [2.45, 2.75) is 19.4 Å². The van der Waals surface area contributed by atoms with Gasteiger partial charge in [0.25, 0.3) is 5.91 Å². The topological polar surface area (TPSA) is 94.5 Å². The number of aromatic nitrogens is 1. The molecule has 4 N–H and O–H groups in total. The smallest absolute Gasteiger partial charge is 0.321 e. The summed E-state index contributed by atoms with van der Waals surface area (Å²) in [5, 5.41) is 2.63. The second-order valence-electron chi connectivity index (χ2n) is 4.97. The van der Waals surface area contributed by atoms with E-state index >= 15 is 0 Å². The third-order valence-corrected chi connectivity index (χ3v) is 3.62. The highest BCUT2D eigenvalue weighted by Crippen LogP contribution is 2.25. The number of fused-ring (bicyclic) bond motifs is 1. The molecule has 1 fully saturated rings. The van der Waals surface area contributed by atoms with Crippen molar-refractivity contribution in [3.63, 3.8) is 0 Å². The lowest BCUT2D eigenvalue weighted by Gasteiger charge is -2.24. The summed E-state index contributed by atoms with van der Waals surface area (Å²) in [5.74, 6) is 0.335. The van der Waals surface area contributed by atoms with Gasteiger partial charge in [-0.2, -0.15) is 0 Å². The Morgan fingerprint density at radius 3 is 2.79 bits per heavy atom. The van der Waals surface area contributed by atoms with E-state index in [4.69, 9.17) is 5.73 Å². The number of carbonyl (C=O) groups excluding carboxylic acids is 2. The molecule has 0 aromatic carbocycles. The Kier molecular flexibility index (Phi) is 2.90. The predicted molar refractivity (Wildman–Crippen MR) is 69.7 cm³/mol. The average molecular weight is 263 g/mol. The monoisotopic (exact) mass is 263 g/mol. The highest BCUT2D eigenvalue weighted by atomic mass is 16.2. The van der Waals surface area contributed by atoms with E-state index in [-0.39, 0.29) is 12.6 Å². The molecule has 7 heteroatoms. The fourth-order valence-corrected chi connectivity index (χ4v) is 2.66. The van der Waals surface area contributed by atoms with Crippen molar-refractivity contribution in [2.24, 2.45) is 5.73 Å². The third kappa shape index (κ3) is 2.17. The van der Waals surface area contributed by atoms with Crippen LogP contribution in [0.1, 0.15) is 28.9 Å². The van der Waals surface area contributed by atoms with Crippen molar-refractivity contribution in [3.8, 4) is 0 Å². The van der Waals surface area contributed by atoms with E-state index in [0.29, 0.717) is 11.4 Å². The molecule has 2 aliphatic rings. The Morgan fingerprint density at radius 2 is 2.11 bits per heavy atom. The number of H-pyrrole nitrogens is 1. The van der Waals surface area contributed by atoms with Gasteiger partial charge < -0.3 is 16.0 Å². The molecule has 3 heterocycles. The van der Waals surface area contributed by atoms with Crippen molar-refractivity contribution in [1.82, 2.24) is 15.2 Å². The number of aromatic amines is 1. The van der Waals surface area contributed by atoms with Gasteiger partial charge in [0.05, 0.1) is 5.56 Å². The van der Waals surface area contributed by atoms with Gasteiger partial charge in [-0.1, -0.05) is 0 Å². The summed E-state index contributed by atoms with van der Waals surface area (Å²) in [7, 11) is 0. The molecule has 1 saturated heterocycles. The maximum atomic E-state index is 11.8. The van der Waals surface area contributed by atoms with Gasteiger partial charge in [0.15, 0.2) is 0 Å². The number of hydrogen-bond acceptors (Lipinski definition) is 3. The fourth-order valence-electron chi connectivity index (χ4n) is 2.66. The number of nitrogens with one attached hydrogen (secondary N) is 2. The van der Waals surface area contributed by atoms with Crippen molar-refractivity contribution < 1.29 is 9.59 Å². The minimum atomic E-state index is -0.573. The van der Waals surface area contributed by atoms with E-state index < -0.39 is 6.03 Å². The first kappa shape index (κ1) is 12.0. The van der Waals surface area contributed by atoms with E-state index in [0.717, 1.165) is 25.3 Å². The van der Waals surface area contributed by atoms with Crippen molar-refractivity contribution >= 4 is 17.8 Å². The van der Waals surface area contributed by atoms with Crippen LogP contribution in [0.2, 0.25) is 0 Å². The van der Waals surface area contributed by atoms with Gasteiger partial charge in [0, 0.05) is 12.2 Å². The van der Waals surface area contributed by atoms with Gasteiger partial charge in [0.1, 0.15) is 12.5 Å². The Bertz CT molecular complexity index is 518. The summed E-state index contributed by atoms with van der Waals surface area (Å²) in [4.78, 5) is 29.9. The summed E-state index contributed by atoms with van der Waals surface area (Å²) in [5.41, 5.74) is 6.73. The summed E-state index contributed by atoms with van der Waals surface area (Å²) >= 11 is 0. The van der Waals surface area contributed by atoms with Crippen LogP contribution in [-0.2, 0) is 6.54 Å². The van der Waals surface area contributed by atoms with E-state index in [2.05, 4.69) is 15.2 Å². The van der Waals surface area contributed by atoms with Crippen LogP contribution in [0, 0.1) is 0 Å². The zero-order valence-corrected chi connectivity index (χ0v) is 10.6. The minimum absolute atomic E-state index is 0.116. The van der Waals surface area contributed by atoms with E-state index in [1.165, 1.54) is 17.7 Å². The lowest BCUT2D eigenvalue weighted by Crippen LogP contribution is -2.48. The van der Waals surface area contributed by atoms with Gasteiger partial charge in [-0.15, -0.1) is 0 Å². The molecule has 0 bridgehead atoms. The van der Waals surface area contributed by atoms with Crippen LogP contribution in [0.5, 0.6) is 0 Å². The van der Waals surface area contributed by atoms with Crippen LogP contribution in [0.25, 0.3) is 0 Å². The number of rotatable bonds is 2. The standard InChI is InChI=1S/C12H17N5O2/c13-12(19)17-7-14-11(18)9-5-8(15-10(9)17)6-16-3-1-2-4-16/h5,15H,1-4,6-7H2,(H2,13,19)(H,14,18). The normalized spacial score (nSPS) is 19.4.